The molecule has 1 atom stereocenters. The summed E-state index contributed by atoms with van der Waals surface area (Å²) in [6, 6.07) is 0. The lowest BCUT2D eigenvalue weighted by Gasteiger charge is -2.26. The van der Waals surface area contributed by atoms with Crippen LogP contribution in [-0.4, -0.2) is 34.8 Å². The lowest BCUT2D eigenvalue weighted by atomic mass is 10.0. The maximum atomic E-state index is 13.1. The number of hydrogen-bond acceptors (Lipinski definition) is 4. The highest BCUT2D eigenvalue weighted by Crippen LogP contribution is 2.27. The molecule has 0 saturated carbocycles. The fourth-order valence-electron chi connectivity index (χ4n) is 0.929. The van der Waals surface area contributed by atoms with Crippen LogP contribution in [0.5, 0.6) is 0 Å². The first-order chi connectivity index (χ1) is 6.73. The summed E-state index contributed by atoms with van der Waals surface area (Å²) in [5.74, 6) is -8.56. The van der Waals surface area contributed by atoms with Crippen LogP contribution in [0.1, 0.15) is 13.8 Å². The first-order valence-corrected chi connectivity index (χ1v) is 4.78. The minimum absolute atomic E-state index is 0.376. The van der Waals surface area contributed by atoms with Gasteiger partial charge in [0.1, 0.15) is 0 Å². The Balaban J connectivity index is 4.81. The molecule has 0 aromatic heterocycles. The number of rotatable bonds is 5. The Kier molecular flexibility index (Phi) is 4.99. The highest BCUT2D eigenvalue weighted by Gasteiger charge is 2.51. The molecular weight excluding hydrogens is 230 g/mol. The van der Waals surface area contributed by atoms with Crippen molar-refractivity contribution in [3.8, 4) is 0 Å². The van der Waals surface area contributed by atoms with Crippen LogP contribution >= 0.6 is 12.6 Å². The van der Waals surface area contributed by atoms with E-state index < -0.39 is 29.9 Å². The van der Waals surface area contributed by atoms with Crippen molar-refractivity contribution in [1.82, 2.24) is 0 Å². The Bertz CT molecular complexity index is 255. The molecule has 1 N–H and O–H groups in total. The Morgan fingerprint density at radius 2 is 1.93 bits per heavy atom. The number of carboxylic acid groups (broad SMARTS) is 1. The van der Waals surface area contributed by atoms with Crippen molar-refractivity contribution in [3.05, 3.63) is 0 Å². The monoisotopic (exact) mass is 242 g/mol. The average molecular weight is 242 g/mol. The first kappa shape index (κ1) is 14.2. The van der Waals surface area contributed by atoms with Crippen molar-refractivity contribution in [3.63, 3.8) is 0 Å². The van der Waals surface area contributed by atoms with E-state index in [0.717, 1.165) is 0 Å². The molecule has 88 valence electrons. The number of alkyl halides is 2. The zero-order chi connectivity index (χ0) is 12.2. The lowest BCUT2D eigenvalue weighted by molar-refractivity contribution is -0.197. The van der Waals surface area contributed by atoms with Crippen LogP contribution in [0.2, 0.25) is 0 Å². The molecule has 0 rings (SSSR count). The van der Waals surface area contributed by atoms with E-state index in [1.807, 2.05) is 0 Å². The van der Waals surface area contributed by atoms with Crippen molar-refractivity contribution in [1.29, 1.82) is 0 Å². The van der Waals surface area contributed by atoms with Gasteiger partial charge in [-0.25, -0.2) is 4.79 Å². The Labute approximate surface area is 91.0 Å². The lowest BCUT2D eigenvalue weighted by Crippen LogP contribution is -2.47. The van der Waals surface area contributed by atoms with E-state index in [9.17, 15) is 18.4 Å². The van der Waals surface area contributed by atoms with Gasteiger partial charge in [0.05, 0.1) is 5.75 Å². The highest BCUT2D eigenvalue weighted by molar-refractivity contribution is 7.81. The van der Waals surface area contributed by atoms with Gasteiger partial charge in [-0.2, -0.15) is 21.4 Å². The minimum Gasteiger partial charge on any atom is -0.477 e. The average Bonchev–Trinajstić information content (AvgIpc) is 2.12. The standard InChI is InChI=1S/C8H12F2O4S/c1-4(2)6(14-5(11)3-15)8(9,10)7(12)13/h4,6,15H,3H2,1-2H3,(H,12,13). The van der Waals surface area contributed by atoms with E-state index in [1.165, 1.54) is 13.8 Å². The normalized spacial score (nSPS) is 13.7. The molecule has 0 fully saturated rings. The summed E-state index contributed by atoms with van der Waals surface area (Å²) < 4.78 is 30.5. The van der Waals surface area contributed by atoms with Crippen LogP contribution in [-0.2, 0) is 14.3 Å². The van der Waals surface area contributed by atoms with Gasteiger partial charge < -0.3 is 9.84 Å². The SMILES string of the molecule is CC(C)C(OC(=O)CS)C(F)(F)C(=O)O. The topological polar surface area (TPSA) is 63.6 Å². The van der Waals surface area contributed by atoms with Gasteiger partial charge in [-0.05, 0) is 5.92 Å². The van der Waals surface area contributed by atoms with E-state index in [0.29, 0.717) is 0 Å². The van der Waals surface area contributed by atoms with Crippen LogP contribution in [0.3, 0.4) is 0 Å². The third kappa shape index (κ3) is 3.65. The van der Waals surface area contributed by atoms with Gasteiger partial charge in [0, 0.05) is 0 Å². The molecule has 0 heterocycles. The molecule has 4 nitrogen and oxygen atoms in total. The molecule has 0 radical (unpaired) electrons. The Morgan fingerprint density at radius 3 is 2.20 bits per heavy atom. The number of hydrogen-bond donors (Lipinski definition) is 2. The van der Waals surface area contributed by atoms with E-state index in [1.54, 1.807) is 0 Å². The van der Waals surface area contributed by atoms with E-state index in [4.69, 9.17) is 5.11 Å². The third-order valence-corrected chi connectivity index (χ3v) is 1.89. The molecule has 0 saturated heterocycles. The van der Waals surface area contributed by atoms with Crippen molar-refractivity contribution >= 4 is 24.6 Å². The highest BCUT2D eigenvalue weighted by atomic mass is 32.1. The van der Waals surface area contributed by atoms with E-state index in [2.05, 4.69) is 17.4 Å². The fraction of sp³-hybridized carbons (Fsp3) is 0.750. The van der Waals surface area contributed by atoms with Gasteiger partial charge >= 0.3 is 17.9 Å². The van der Waals surface area contributed by atoms with Gasteiger partial charge in [0.15, 0.2) is 6.10 Å². The summed E-state index contributed by atoms with van der Waals surface area (Å²) in [6.45, 7) is 2.68. The van der Waals surface area contributed by atoms with Gasteiger partial charge in [0.25, 0.3) is 0 Å². The predicted molar refractivity (Wildman–Crippen MR) is 51.2 cm³/mol. The molecular formula is C8H12F2O4S. The molecule has 0 aliphatic carbocycles. The molecule has 7 heteroatoms. The largest absolute Gasteiger partial charge is 0.477 e. The summed E-state index contributed by atoms with van der Waals surface area (Å²) in [4.78, 5) is 21.0. The molecule has 1 unspecified atom stereocenters. The van der Waals surface area contributed by atoms with E-state index in [-0.39, 0.29) is 5.75 Å². The number of halogens is 2. The van der Waals surface area contributed by atoms with E-state index >= 15 is 0 Å². The van der Waals surface area contributed by atoms with Crippen molar-refractivity contribution in [2.24, 2.45) is 5.92 Å². The minimum atomic E-state index is -4.09. The van der Waals surface area contributed by atoms with Crippen LogP contribution in [0.4, 0.5) is 8.78 Å². The zero-order valence-electron chi connectivity index (χ0n) is 8.24. The van der Waals surface area contributed by atoms with Crippen LogP contribution in [0.25, 0.3) is 0 Å². The summed E-state index contributed by atoms with van der Waals surface area (Å²) in [5.41, 5.74) is 0. The number of carbonyl (C=O) groups excluding carboxylic acids is 1. The quantitative estimate of drug-likeness (QED) is 0.561. The van der Waals surface area contributed by atoms with Crippen molar-refractivity contribution < 1.29 is 28.2 Å². The number of thiol groups is 1. The molecule has 0 aromatic rings. The summed E-state index contributed by atoms with van der Waals surface area (Å²) in [6.07, 6.45) is -1.98. The number of esters is 1. The summed E-state index contributed by atoms with van der Waals surface area (Å²) >= 11 is 3.54. The second-order valence-corrected chi connectivity index (χ2v) is 3.56. The smallest absolute Gasteiger partial charge is 0.378 e. The molecule has 0 aliphatic rings. The van der Waals surface area contributed by atoms with Gasteiger partial charge in [-0.3, -0.25) is 4.79 Å². The van der Waals surface area contributed by atoms with Crippen molar-refractivity contribution in [2.75, 3.05) is 5.75 Å². The number of aliphatic carboxylic acids is 1. The number of carbonyl (C=O) groups is 2. The maximum absolute atomic E-state index is 13.1. The van der Waals surface area contributed by atoms with Gasteiger partial charge in [-0.1, -0.05) is 13.8 Å². The Morgan fingerprint density at radius 1 is 1.47 bits per heavy atom. The molecule has 0 spiro atoms. The maximum Gasteiger partial charge on any atom is 0.378 e. The Hall–Kier alpha value is -0.850. The molecule has 15 heavy (non-hydrogen) atoms. The fourth-order valence-corrected chi connectivity index (χ4v) is 1.00. The second kappa shape index (κ2) is 5.29. The molecule has 0 aliphatic heterocycles. The second-order valence-electron chi connectivity index (χ2n) is 3.24. The predicted octanol–water partition coefficient (Wildman–Crippen LogP) is 1.20. The van der Waals surface area contributed by atoms with Gasteiger partial charge in [-0.15, -0.1) is 0 Å². The van der Waals surface area contributed by atoms with Crippen LogP contribution < -0.4 is 0 Å². The third-order valence-electron chi connectivity index (χ3n) is 1.64. The number of carboxylic acids is 1. The number of ether oxygens (including phenoxy) is 1. The summed E-state index contributed by atoms with van der Waals surface area (Å²) in [5, 5.41) is 8.29. The summed E-state index contributed by atoms with van der Waals surface area (Å²) in [7, 11) is 0. The molecule has 0 amide bonds. The first-order valence-electron chi connectivity index (χ1n) is 4.15. The molecule has 0 aromatic carbocycles. The zero-order valence-corrected chi connectivity index (χ0v) is 9.13. The van der Waals surface area contributed by atoms with Crippen LogP contribution in [0.15, 0.2) is 0 Å². The van der Waals surface area contributed by atoms with Crippen LogP contribution in [0, 0.1) is 5.92 Å². The molecule has 0 bridgehead atoms. The van der Waals surface area contributed by atoms with Gasteiger partial charge in [0.2, 0.25) is 0 Å². The van der Waals surface area contributed by atoms with Crippen molar-refractivity contribution in [2.45, 2.75) is 25.9 Å².